The monoisotopic (exact) mass is 368 g/mol. The Morgan fingerprint density at radius 2 is 1.64 bits per heavy atom. The van der Waals surface area contributed by atoms with Gasteiger partial charge >= 0.3 is 0 Å². The summed E-state index contributed by atoms with van der Waals surface area (Å²) in [6, 6.07) is 8.03. The Kier molecular flexibility index (Phi) is 7.39. The van der Waals surface area contributed by atoms with Crippen molar-refractivity contribution >= 4 is 10.2 Å². The average molecular weight is 369 g/mol. The molecule has 0 bridgehead atoms. The zero-order valence-corrected chi connectivity index (χ0v) is 16.7. The maximum absolute atomic E-state index is 12.3. The molecule has 0 aromatic heterocycles. The molecule has 1 saturated heterocycles. The first kappa shape index (κ1) is 20.3. The van der Waals surface area contributed by atoms with E-state index in [1.807, 2.05) is 32.0 Å². The van der Waals surface area contributed by atoms with E-state index >= 15 is 0 Å². The number of nitrogens with zero attached hydrogens (tertiary/aromatic N) is 3. The van der Waals surface area contributed by atoms with Gasteiger partial charge in [-0.1, -0.05) is 31.2 Å². The number of hydrogen-bond acceptors (Lipinski definition) is 4. The van der Waals surface area contributed by atoms with Crippen molar-refractivity contribution in [2.75, 3.05) is 39.8 Å². The predicted octanol–water partition coefficient (Wildman–Crippen LogP) is 1.50. The SMILES string of the molecule is CCN1CCN(Cc2ccccc2CNS(=O)(=O)N(C)C(C)C)CC1. The van der Waals surface area contributed by atoms with Crippen LogP contribution in [0, 0.1) is 0 Å². The quantitative estimate of drug-likeness (QED) is 0.756. The van der Waals surface area contributed by atoms with Gasteiger partial charge in [-0.25, -0.2) is 0 Å². The van der Waals surface area contributed by atoms with Gasteiger partial charge in [-0.2, -0.15) is 17.4 Å². The number of nitrogens with one attached hydrogen (secondary N) is 1. The third-order valence-corrected chi connectivity index (χ3v) is 6.66. The molecule has 0 amide bonds. The van der Waals surface area contributed by atoms with Crippen LogP contribution in [0.25, 0.3) is 0 Å². The Labute approximate surface area is 153 Å². The Morgan fingerprint density at radius 3 is 2.20 bits per heavy atom. The largest absolute Gasteiger partial charge is 0.301 e. The number of rotatable bonds is 8. The van der Waals surface area contributed by atoms with Crippen LogP contribution < -0.4 is 4.72 Å². The third-order valence-electron chi connectivity index (χ3n) is 4.98. The Balaban J connectivity index is 1.99. The minimum atomic E-state index is -3.46. The molecule has 1 aromatic rings. The molecule has 6 nitrogen and oxygen atoms in total. The summed E-state index contributed by atoms with van der Waals surface area (Å²) < 4.78 is 28.7. The van der Waals surface area contributed by atoms with E-state index in [1.54, 1.807) is 7.05 Å². The van der Waals surface area contributed by atoms with Gasteiger partial charge in [0.1, 0.15) is 0 Å². The van der Waals surface area contributed by atoms with E-state index in [4.69, 9.17) is 0 Å². The molecule has 0 radical (unpaired) electrons. The normalized spacial score (nSPS) is 17.5. The molecule has 1 aromatic carbocycles. The van der Waals surface area contributed by atoms with E-state index in [0.29, 0.717) is 6.54 Å². The molecule has 0 atom stereocenters. The van der Waals surface area contributed by atoms with E-state index in [0.717, 1.165) is 44.8 Å². The molecule has 0 saturated carbocycles. The lowest BCUT2D eigenvalue weighted by Gasteiger charge is -2.34. The second-order valence-corrected chi connectivity index (χ2v) is 8.73. The number of likely N-dealkylation sites (N-methyl/N-ethyl adjacent to an activating group) is 1. The topological polar surface area (TPSA) is 55.9 Å². The molecule has 142 valence electrons. The fourth-order valence-electron chi connectivity index (χ4n) is 2.94. The van der Waals surface area contributed by atoms with Gasteiger partial charge in [-0.05, 0) is 31.5 Å². The Morgan fingerprint density at radius 1 is 1.08 bits per heavy atom. The standard InChI is InChI=1S/C18H32N4O2S/c1-5-21-10-12-22(13-11-21)15-18-9-7-6-8-17(18)14-19-25(23,24)20(4)16(2)3/h6-9,16,19H,5,10-15H2,1-4H3. The van der Waals surface area contributed by atoms with E-state index < -0.39 is 10.2 Å². The zero-order chi connectivity index (χ0) is 18.4. The summed E-state index contributed by atoms with van der Waals surface area (Å²) in [5, 5.41) is 0. The Hall–Kier alpha value is -0.990. The molecule has 1 aliphatic heterocycles. The van der Waals surface area contributed by atoms with Crippen LogP contribution in [0.5, 0.6) is 0 Å². The average Bonchev–Trinajstić information content (AvgIpc) is 2.61. The lowest BCUT2D eigenvalue weighted by Crippen LogP contribution is -2.45. The highest BCUT2D eigenvalue weighted by atomic mass is 32.2. The molecule has 0 aliphatic carbocycles. The van der Waals surface area contributed by atoms with Crippen LogP contribution in [-0.4, -0.2) is 68.3 Å². The lowest BCUT2D eigenvalue weighted by molar-refractivity contribution is 0.131. The molecule has 25 heavy (non-hydrogen) atoms. The van der Waals surface area contributed by atoms with Gasteiger partial charge < -0.3 is 4.90 Å². The summed E-state index contributed by atoms with van der Waals surface area (Å²) >= 11 is 0. The minimum Gasteiger partial charge on any atom is -0.301 e. The van der Waals surface area contributed by atoms with Gasteiger partial charge in [-0.15, -0.1) is 0 Å². The first-order chi connectivity index (χ1) is 11.8. The van der Waals surface area contributed by atoms with Crippen molar-refractivity contribution in [1.29, 1.82) is 0 Å². The Bertz CT molecular complexity index is 640. The molecule has 2 rings (SSSR count). The number of benzene rings is 1. The van der Waals surface area contributed by atoms with Crippen molar-refractivity contribution in [2.24, 2.45) is 0 Å². The smallest absolute Gasteiger partial charge is 0.279 e. The van der Waals surface area contributed by atoms with Crippen LogP contribution >= 0.6 is 0 Å². The highest BCUT2D eigenvalue weighted by Crippen LogP contribution is 2.14. The predicted molar refractivity (Wildman–Crippen MR) is 102 cm³/mol. The van der Waals surface area contributed by atoms with E-state index in [9.17, 15) is 8.42 Å². The summed E-state index contributed by atoms with van der Waals surface area (Å²) in [6.45, 7) is 12.6. The highest BCUT2D eigenvalue weighted by Gasteiger charge is 2.21. The summed E-state index contributed by atoms with van der Waals surface area (Å²) in [5.41, 5.74) is 2.24. The van der Waals surface area contributed by atoms with Crippen molar-refractivity contribution in [3.05, 3.63) is 35.4 Å². The number of hydrogen-bond donors (Lipinski definition) is 1. The van der Waals surface area contributed by atoms with Crippen LogP contribution in [0.15, 0.2) is 24.3 Å². The van der Waals surface area contributed by atoms with E-state index in [2.05, 4.69) is 27.5 Å². The minimum absolute atomic E-state index is 0.0670. The van der Waals surface area contributed by atoms with Crippen LogP contribution in [0.1, 0.15) is 31.9 Å². The van der Waals surface area contributed by atoms with Gasteiger partial charge in [-0.3, -0.25) is 4.90 Å². The van der Waals surface area contributed by atoms with Crippen molar-refractivity contribution in [3.63, 3.8) is 0 Å². The summed E-state index contributed by atoms with van der Waals surface area (Å²) in [4.78, 5) is 4.90. The van der Waals surface area contributed by atoms with Gasteiger partial charge in [0, 0.05) is 52.4 Å². The van der Waals surface area contributed by atoms with E-state index in [1.165, 1.54) is 9.87 Å². The van der Waals surface area contributed by atoms with Crippen molar-refractivity contribution in [3.8, 4) is 0 Å². The maximum Gasteiger partial charge on any atom is 0.279 e. The number of piperazine rings is 1. The molecule has 7 heteroatoms. The molecule has 1 N–H and O–H groups in total. The van der Waals surface area contributed by atoms with Gasteiger partial charge in [0.2, 0.25) is 0 Å². The molecule has 1 heterocycles. The molecule has 1 aliphatic rings. The van der Waals surface area contributed by atoms with Crippen LogP contribution in [0.4, 0.5) is 0 Å². The van der Waals surface area contributed by atoms with Crippen LogP contribution in [0.3, 0.4) is 0 Å². The second kappa shape index (κ2) is 9.09. The van der Waals surface area contributed by atoms with Gasteiger partial charge in [0.05, 0.1) is 0 Å². The maximum atomic E-state index is 12.3. The summed E-state index contributed by atoms with van der Waals surface area (Å²) in [5.74, 6) is 0. The fourth-order valence-corrected chi connectivity index (χ4v) is 4.03. The van der Waals surface area contributed by atoms with Crippen LogP contribution in [0.2, 0.25) is 0 Å². The summed E-state index contributed by atoms with van der Waals surface area (Å²) in [6.07, 6.45) is 0. The molecular weight excluding hydrogens is 336 g/mol. The van der Waals surface area contributed by atoms with Crippen molar-refractivity contribution < 1.29 is 8.42 Å². The zero-order valence-electron chi connectivity index (χ0n) is 15.9. The van der Waals surface area contributed by atoms with E-state index in [-0.39, 0.29) is 6.04 Å². The highest BCUT2D eigenvalue weighted by molar-refractivity contribution is 7.87. The first-order valence-corrected chi connectivity index (χ1v) is 10.5. The van der Waals surface area contributed by atoms with Crippen molar-refractivity contribution in [1.82, 2.24) is 18.8 Å². The fraction of sp³-hybridized carbons (Fsp3) is 0.667. The lowest BCUT2D eigenvalue weighted by atomic mass is 10.1. The third kappa shape index (κ3) is 5.76. The van der Waals surface area contributed by atoms with Crippen LogP contribution in [-0.2, 0) is 23.3 Å². The first-order valence-electron chi connectivity index (χ1n) is 9.07. The molecule has 0 spiro atoms. The summed E-state index contributed by atoms with van der Waals surface area (Å²) in [7, 11) is -1.85. The molecule has 1 fully saturated rings. The molecular formula is C18H32N4O2S. The van der Waals surface area contributed by atoms with Gasteiger partial charge in [0.15, 0.2) is 0 Å². The second-order valence-electron chi connectivity index (χ2n) is 6.92. The molecule has 0 unspecified atom stereocenters. The van der Waals surface area contributed by atoms with Gasteiger partial charge in [0.25, 0.3) is 10.2 Å². The van der Waals surface area contributed by atoms with Crippen molar-refractivity contribution in [2.45, 2.75) is 39.9 Å².